The summed E-state index contributed by atoms with van der Waals surface area (Å²) in [5.41, 5.74) is 5.76. The van der Waals surface area contributed by atoms with Crippen LogP contribution in [0.2, 0.25) is 0 Å². The Morgan fingerprint density at radius 3 is 2.64 bits per heavy atom. The molecule has 4 N–H and O–H groups in total. The molecule has 9 nitrogen and oxygen atoms in total. The molecule has 0 bridgehead atoms. The van der Waals surface area contributed by atoms with Crippen molar-refractivity contribution in [3.63, 3.8) is 0 Å². The second-order valence-electron chi connectivity index (χ2n) is 4.35. The predicted molar refractivity (Wildman–Crippen MR) is 79.8 cm³/mol. The highest BCUT2D eigenvalue weighted by Crippen LogP contribution is 2.24. The Bertz CT molecular complexity index is 827. The zero-order valence-corrected chi connectivity index (χ0v) is 12.3. The largest absolute Gasteiger partial charge is 0.452 e. The van der Waals surface area contributed by atoms with Gasteiger partial charge >= 0.3 is 5.82 Å². The van der Waals surface area contributed by atoms with Gasteiger partial charge in [-0.3, -0.25) is 0 Å². The summed E-state index contributed by atoms with van der Waals surface area (Å²) < 4.78 is 22.7. The van der Waals surface area contributed by atoms with Crippen LogP contribution < -0.4 is 11.1 Å². The van der Waals surface area contributed by atoms with Crippen LogP contribution in [0.1, 0.15) is 11.9 Å². The maximum absolute atomic E-state index is 11.4. The SMILES string of the molecule is C#[N+]c1cc(Nc2ccc(S(C)(=O)=O)cn2)c(C(N)O)nn1. The number of aliphatic hydroxyl groups is 1. The minimum Gasteiger partial charge on any atom is -0.373 e. The maximum atomic E-state index is 11.4. The molecule has 2 aromatic heterocycles. The molecule has 0 aliphatic carbocycles. The van der Waals surface area contributed by atoms with E-state index in [0.717, 1.165) is 6.26 Å². The van der Waals surface area contributed by atoms with Gasteiger partial charge in [0.05, 0.1) is 21.7 Å². The number of sulfone groups is 1. The fourth-order valence-corrected chi connectivity index (χ4v) is 2.14. The molecule has 10 heteroatoms. The van der Waals surface area contributed by atoms with Crippen molar-refractivity contribution in [1.82, 2.24) is 15.2 Å². The summed E-state index contributed by atoms with van der Waals surface area (Å²) in [7, 11) is -3.33. The van der Waals surface area contributed by atoms with Gasteiger partial charge in [-0.25, -0.2) is 13.4 Å². The van der Waals surface area contributed by atoms with Crippen LogP contribution in [0, 0.1) is 6.57 Å². The lowest BCUT2D eigenvalue weighted by molar-refractivity contribution is 0.181. The Kier molecular flexibility index (Phi) is 4.32. The van der Waals surface area contributed by atoms with Crippen molar-refractivity contribution in [3.05, 3.63) is 34.9 Å². The van der Waals surface area contributed by atoms with Crippen LogP contribution in [0.25, 0.3) is 4.85 Å². The Morgan fingerprint density at radius 1 is 1.41 bits per heavy atom. The maximum Gasteiger partial charge on any atom is 0.452 e. The Labute approximate surface area is 126 Å². The molecule has 0 aliphatic heterocycles. The molecule has 0 radical (unpaired) electrons. The van der Waals surface area contributed by atoms with E-state index in [0.29, 0.717) is 11.5 Å². The smallest absolute Gasteiger partial charge is 0.373 e. The van der Waals surface area contributed by atoms with Crippen LogP contribution in [-0.4, -0.2) is 35.0 Å². The van der Waals surface area contributed by atoms with Gasteiger partial charge in [-0.05, 0) is 17.2 Å². The van der Waals surface area contributed by atoms with Crippen molar-refractivity contribution in [2.24, 2.45) is 5.73 Å². The highest BCUT2D eigenvalue weighted by Gasteiger charge is 2.18. The van der Waals surface area contributed by atoms with E-state index in [-0.39, 0.29) is 16.4 Å². The number of nitrogens with two attached hydrogens (primary N) is 1. The summed E-state index contributed by atoms with van der Waals surface area (Å²) in [6, 6.07) is 4.28. The lowest BCUT2D eigenvalue weighted by atomic mass is 10.3. The number of hydrogen-bond donors (Lipinski definition) is 3. The summed E-state index contributed by atoms with van der Waals surface area (Å²) in [6.45, 7) is 5.12. The number of aromatic nitrogens is 3. The second-order valence-corrected chi connectivity index (χ2v) is 6.37. The predicted octanol–water partition coefficient (Wildman–Crippen LogP) is 0.562. The van der Waals surface area contributed by atoms with Crippen molar-refractivity contribution in [2.75, 3.05) is 11.6 Å². The van der Waals surface area contributed by atoms with Crippen LogP contribution in [0.5, 0.6) is 0 Å². The lowest BCUT2D eigenvalue weighted by Gasteiger charge is -2.09. The van der Waals surface area contributed by atoms with Gasteiger partial charge in [0, 0.05) is 12.5 Å². The molecule has 2 aromatic rings. The monoisotopic (exact) mass is 321 g/mol. The average Bonchev–Trinajstić information content (AvgIpc) is 2.46. The van der Waals surface area contributed by atoms with Gasteiger partial charge < -0.3 is 16.2 Å². The van der Waals surface area contributed by atoms with Gasteiger partial charge in [-0.1, -0.05) is 0 Å². The molecule has 0 fully saturated rings. The number of nitrogens with zero attached hydrogens (tertiary/aromatic N) is 4. The van der Waals surface area contributed by atoms with Crippen LogP contribution in [0.4, 0.5) is 17.3 Å². The first-order valence-corrected chi connectivity index (χ1v) is 7.85. The first kappa shape index (κ1) is 15.8. The van der Waals surface area contributed by atoms with Crippen molar-refractivity contribution >= 4 is 27.2 Å². The van der Waals surface area contributed by atoms with Gasteiger partial charge in [-0.15, -0.1) is 0 Å². The van der Waals surface area contributed by atoms with Crippen LogP contribution in [-0.2, 0) is 9.84 Å². The first-order valence-electron chi connectivity index (χ1n) is 5.96. The molecule has 0 amide bonds. The van der Waals surface area contributed by atoms with E-state index in [9.17, 15) is 13.5 Å². The number of aliphatic hydroxyl groups excluding tert-OH is 1. The molecular formula is C12H13N6O3S+. The summed E-state index contributed by atoms with van der Waals surface area (Å²) >= 11 is 0. The zero-order valence-electron chi connectivity index (χ0n) is 11.5. The zero-order chi connectivity index (χ0) is 16.3. The third kappa shape index (κ3) is 3.53. The number of anilines is 2. The van der Waals surface area contributed by atoms with Crippen molar-refractivity contribution < 1.29 is 13.5 Å². The Morgan fingerprint density at radius 2 is 2.14 bits per heavy atom. The number of hydrogen-bond acceptors (Lipinski definition) is 8. The topological polar surface area (TPSA) is 135 Å². The van der Waals surface area contributed by atoms with Crippen LogP contribution in [0.3, 0.4) is 0 Å². The summed E-state index contributed by atoms with van der Waals surface area (Å²) in [6.07, 6.45) is 0.929. The van der Waals surface area contributed by atoms with Gasteiger partial charge in [0.2, 0.25) is 0 Å². The van der Waals surface area contributed by atoms with Gasteiger partial charge in [0.1, 0.15) is 12.4 Å². The third-order valence-electron chi connectivity index (χ3n) is 2.65. The first-order chi connectivity index (χ1) is 10.3. The summed E-state index contributed by atoms with van der Waals surface area (Å²) in [5.74, 6) is 0.449. The molecule has 2 rings (SSSR count). The molecule has 0 aliphatic rings. The quantitative estimate of drug-likeness (QED) is 0.695. The average molecular weight is 321 g/mol. The molecule has 114 valence electrons. The Hall–Kier alpha value is -2.61. The van der Waals surface area contributed by atoms with Crippen molar-refractivity contribution in [1.29, 1.82) is 0 Å². The van der Waals surface area contributed by atoms with E-state index in [4.69, 9.17) is 12.3 Å². The fraction of sp³-hybridized carbons (Fsp3) is 0.167. The molecule has 1 atom stereocenters. The second kappa shape index (κ2) is 6.02. The van der Waals surface area contributed by atoms with Gasteiger partial charge in [0.15, 0.2) is 21.8 Å². The molecular weight excluding hydrogens is 308 g/mol. The number of pyridine rings is 1. The van der Waals surface area contributed by atoms with E-state index >= 15 is 0 Å². The molecule has 0 saturated carbocycles. The Balaban J connectivity index is 2.36. The van der Waals surface area contributed by atoms with Crippen molar-refractivity contribution in [3.8, 4) is 6.57 Å². The van der Waals surface area contributed by atoms with E-state index in [1.54, 1.807) is 0 Å². The lowest BCUT2D eigenvalue weighted by Crippen LogP contribution is -2.14. The van der Waals surface area contributed by atoms with Crippen molar-refractivity contribution in [2.45, 2.75) is 11.1 Å². The number of rotatable bonds is 4. The highest BCUT2D eigenvalue weighted by molar-refractivity contribution is 7.90. The molecule has 0 spiro atoms. The summed E-state index contributed by atoms with van der Waals surface area (Å²) in [4.78, 5) is 7.44. The van der Waals surface area contributed by atoms with Gasteiger partial charge in [0.25, 0.3) is 0 Å². The molecule has 2 heterocycles. The number of nitrogens with one attached hydrogen (secondary N) is 1. The van der Waals surface area contributed by atoms with Crippen LogP contribution >= 0.6 is 0 Å². The molecule has 0 saturated heterocycles. The minimum absolute atomic E-state index is 0.0707. The van der Waals surface area contributed by atoms with E-state index in [1.807, 2.05) is 0 Å². The highest BCUT2D eigenvalue weighted by atomic mass is 32.2. The molecule has 1 unspecified atom stereocenters. The normalized spacial score (nSPS) is 12.5. The minimum atomic E-state index is -3.33. The van der Waals surface area contributed by atoms with Gasteiger partial charge in [-0.2, -0.15) is 4.85 Å². The van der Waals surface area contributed by atoms with E-state index < -0.39 is 16.1 Å². The molecule has 0 aromatic carbocycles. The standard InChI is InChI=1S/C12H13N6O3S/c1-14-10-5-8(11(12(13)19)18-17-10)16-9-4-3-7(6-15-9)22(2,20)21/h1,3-6,12,19H,13H2,2H3,(H,15,16,17)/q+1. The van der Waals surface area contributed by atoms with Crippen LogP contribution in [0.15, 0.2) is 29.3 Å². The summed E-state index contributed by atoms with van der Waals surface area (Å²) in [5, 5.41) is 19.7. The van der Waals surface area contributed by atoms with E-state index in [1.165, 1.54) is 24.4 Å². The fourth-order valence-electron chi connectivity index (χ4n) is 1.58. The van der Waals surface area contributed by atoms with E-state index in [2.05, 4.69) is 25.3 Å². The third-order valence-corrected chi connectivity index (χ3v) is 3.75. The molecule has 22 heavy (non-hydrogen) atoms.